The van der Waals surface area contributed by atoms with Gasteiger partial charge in [0.2, 0.25) is 0 Å². The van der Waals surface area contributed by atoms with Crippen LogP contribution in [0.25, 0.3) is 0 Å². The maximum Gasteiger partial charge on any atom is 0.0570 e. The first kappa shape index (κ1) is 10.3. The molecule has 1 unspecified atom stereocenters. The van der Waals surface area contributed by atoms with Gasteiger partial charge in [-0.05, 0) is 19.1 Å². The Morgan fingerprint density at radius 1 is 1.58 bits per heavy atom. The van der Waals surface area contributed by atoms with Crippen LogP contribution in [0.3, 0.4) is 0 Å². The van der Waals surface area contributed by atoms with Crippen molar-refractivity contribution in [1.29, 1.82) is 0 Å². The summed E-state index contributed by atoms with van der Waals surface area (Å²) in [5.74, 6) is 2.46. The van der Waals surface area contributed by atoms with E-state index in [1.54, 1.807) is 0 Å². The molecule has 1 aliphatic heterocycles. The smallest absolute Gasteiger partial charge is 0.0570 e. The molecule has 0 aromatic carbocycles. The summed E-state index contributed by atoms with van der Waals surface area (Å²) < 4.78 is 0. The lowest BCUT2D eigenvalue weighted by molar-refractivity contribution is 0.128. The molecular formula is C8H18N2OS. The molecule has 1 aliphatic rings. The molecule has 3 nitrogen and oxygen atoms in total. The molecule has 0 bridgehead atoms. The van der Waals surface area contributed by atoms with Crippen LogP contribution in [0.4, 0.5) is 0 Å². The highest BCUT2D eigenvalue weighted by Gasteiger charge is 2.15. The number of aliphatic hydroxyl groups excluding tert-OH is 1. The number of rotatable bonds is 3. The average molecular weight is 190 g/mol. The number of thioether (sulfide) groups is 1. The molecule has 0 aliphatic carbocycles. The van der Waals surface area contributed by atoms with E-state index in [4.69, 9.17) is 5.11 Å². The highest BCUT2D eigenvalue weighted by Crippen LogP contribution is 2.13. The van der Waals surface area contributed by atoms with Gasteiger partial charge in [0, 0.05) is 24.9 Å². The second-order valence-electron chi connectivity index (χ2n) is 3.08. The molecule has 0 aromatic heterocycles. The zero-order valence-corrected chi connectivity index (χ0v) is 8.44. The minimum atomic E-state index is 0.219. The molecule has 0 spiro atoms. The Labute approximate surface area is 78.5 Å². The highest BCUT2D eigenvalue weighted by atomic mass is 32.2. The normalized spacial score (nSPS) is 27.0. The van der Waals surface area contributed by atoms with E-state index in [0.717, 1.165) is 6.54 Å². The Hall–Kier alpha value is 0.230. The summed E-state index contributed by atoms with van der Waals surface area (Å²) in [6.45, 7) is 4.22. The zero-order valence-electron chi connectivity index (χ0n) is 7.62. The molecule has 0 radical (unpaired) electrons. The fraction of sp³-hybridized carbons (Fsp3) is 1.00. The van der Waals surface area contributed by atoms with Crippen LogP contribution in [0.5, 0.6) is 0 Å². The molecule has 1 atom stereocenters. The summed E-state index contributed by atoms with van der Waals surface area (Å²) in [7, 11) is 0. The molecule has 4 heteroatoms. The van der Waals surface area contributed by atoms with Crippen LogP contribution in [-0.4, -0.2) is 47.4 Å². The maximum absolute atomic E-state index is 8.66. The minimum absolute atomic E-state index is 0.219. The van der Waals surface area contributed by atoms with Gasteiger partial charge in [0.15, 0.2) is 0 Å². The maximum atomic E-state index is 8.66. The second-order valence-corrected chi connectivity index (χ2v) is 4.30. The van der Waals surface area contributed by atoms with Crippen LogP contribution < -0.4 is 5.43 Å². The second kappa shape index (κ2) is 5.80. The first-order valence-electron chi connectivity index (χ1n) is 4.53. The summed E-state index contributed by atoms with van der Waals surface area (Å²) >= 11 is 2.01. The third-order valence-electron chi connectivity index (χ3n) is 2.12. The molecule has 2 N–H and O–H groups in total. The van der Waals surface area contributed by atoms with Crippen LogP contribution >= 0.6 is 11.8 Å². The molecule has 72 valence electrons. The summed E-state index contributed by atoms with van der Waals surface area (Å²) in [6, 6.07) is 0.603. The number of hydrogen-bond acceptors (Lipinski definition) is 4. The van der Waals surface area contributed by atoms with E-state index in [9.17, 15) is 0 Å². The number of nitrogens with one attached hydrogen (secondary N) is 1. The third-order valence-corrected chi connectivity index (χ3v) is 3.11. The van der Waals surface area contributed by atoms with Crippen molar-refractivity contribution in [2.75, 3.05) is 31.2 Å². The van der Waals surface area contributed by atoms with Crippen molar-refractivity contribution in [3.8, 4) is 0 Å². The van der Waals surface area contributed by atoms with Crippen LogP contribution in [0.15, 0.2) is 0 Å². The quantitative estimate of drug-likeness (QED) is 0.671. The number of hydrazine groups is 1. The molecular weight excluding hydrogens is 172 g/mol. The molecule has 1 saturated heterocycles. The van der Waals surface area contributed by atoms with Crippen molar-refractivity contribution in [2.45, 2.75) is 19.4 Å². The predicted molar refractivity (Wildman–Crippen MR) is 53.2 cm³/mol. The lowest BCUT2D eigenvalue weighted by atomic mass is 10.2. The van der Waals surface area contributed by atoms with Gasteiger partial charge < -0.3 is 5.11 Å². The first-order chi connectivity index (χ1) is 5.84. The first-order valence-corrected chi connectivity index (χ1v) is 5.69. The standard InChI is InChI=1S/C8H18N2OS/c1-8-2-6-12-7-4-10(8)9-3-5-11/h8-9,11H,2-7H2,1H3. The van der Waals surface area contributed by atoms with Gasteiger partial charge in [0.1, 0.15) is 0 Å². The lowest BCUT2D eigenvalue weighted by Gasteiger charge is -2.26. The minimum Gasteiger partial charge on any atom is -0.395 e. The molecule has 0 saturated carbocycles. The SMILES string of the molecule is CC1CCSCCN1NCCO. The Kier molecular flexibility index (Phi) is 4.99. The Morgan fingerprint density at radius 3 is 3.17 bits per heavy atom. The van der Waals surface area contributed by atoms with Crippen molar-refractivity contribution in [1.82, 2.24) is 10.4 Å². The van der Waals surface area contributed by atoms with E-state index in [1.165, 1.54) is 17.9 Å². The van der Waals surface area contributed by atoms with E-state index >= 15 is 0 Å². The summed E-state index contributed by atoms with van der Waals surface area (Å²) in [5.41, 5.74) is 3.23. The van der Waals surface area contributed by atoms with Crippen molar-refractivity contribution >= 4 is 11.8 Å². The zero-order chi connectivity index (χ0) is 8.81. The van der Waals surface area contributed by atoms with Gasteiger partial charge in [-0.25, -0.2) is 5.01 Å². The Bertz CT molecular complexity index is 124. The average Bonchev–Trinajstić information content (AvgIpc) is 2.27. The molecule has 0 aromatic rings. The van der Waals surface area contributed by atoms with Crippen LogP contribution in [-0.2, 0) is 0 Å². The van der Waals surface area contributed by atoms with Gasteiger partial charge in [0.25, 0.3) is 0 Å². The predicted octanol–water partition coefficient (Wildman–Crippen LogP) is 0.311. The number of nitrogens with zero attached hydrogens (tertiary/aromatic N) is 1. The number of aliphatic hydroxyl groups is 1. The number of hydrogen-bond donors (Lipinski definition) is 2. The molecule has 1 heterocycles. The Morgan fingerprint density at radius 2 is 2.42 bits per heavy atom. The van der Waals surface area contributed by atoms with E-state index < -0.39 is 0 Å². The van der Waals surface area contributed by atoms with Crippen LogP contribution in [0.1, 0.15) is 13.3 Å². The summed E-state index contributed by atoms with van der Waals surface area (Å²) in [5, 5.41) is 10.9. The van der Waals surface area contributed by atoms with Gasteiger partial charge in [-0.2, -0.15) is 11.8 Å². The van der Waals surface area contributed by atoms with Crippen LogP contribution in [0.2, 0.25) is 0 Å². The Balaban J connectivity index is 2.26. The third kappa shape index (κ3) is 3.31. The van der Waals surface area contributed by atoms with Gasteiger partial charge in [-0.3, -0.25) is 5.43 Å². The molecule has 0 amide bonds. The summed E-state index contributed by atoms with van der Waals surface area (Å²) in [6.07, 6.45) is 1.24. The van der Waals surface area contributed by atoms with Gasteiger partial charge in [-0.15, -0.1) is 0 Å². The monoisotopic (exact) mass is 190 g/mol. The van der Waals surface area contributed by atoms with Gasteiger partial charge in [-0.1, -0.05) is 0 Å². The van der Waals surface area contributed by atoms with E-state index in [0.29, 0.717) is 12.6 Å². The highest BCUT2D eigenvalue weighted by molar-refractivity contribution is 7.99. The lowest BCUT2D eigenvalue weighted by Crippen LogP contribution is -2.45. The molecule has 1 rings (SSSR count). The van der Waals surface area contributed by atoms with E-state index in [-0.39, 0.29) is 6.61 Å². The topological polar surface area (TPSA) is 35.5 Å². The van der Waals surface area contributed by atoms with Gasteiger partial charge >= 0.3 is 0 Å². The van der Waals surface area contributed by atoms with E-state index in [1.807, 2.05) is 11.8 Å². The summed E-state index contributed by atoms with van der Waals surface area (Å²) in [4.78, 5) is 0. The molecule has 1 fully saturated rings. The van der Waals surface area contributed by atoms with E-state index in [2.05, 4.69) is 17.4 Å². The van der Waals surface area contributed by atoms with Crippen molar-refractivity contribution in [3.05, 3.63) is 0 Å². The van der Waals surface area contributed by atoms with Crippen molar-refractivity contribution < 1.29 is 5.11 Å². The van der Waals surface area contributed by atoms with Crippen molar-refractivity contribution in [3.63, 3.8) is 0 Å². The van der Waals surface area contributed by atoms with Gasteiger partial charge in [0.05, 0.1) is 6.61 Å². The van der Waals surface area contributed by atoms with Crippen LogP contribution in [0, 0.1) is 0 Å². The largest absolute Gasteiger partial charge is 0.395 e. The fourth-order valence-electron chi connectivity index (χ4n) is 1.32. The molecule has 12 heavy (non-hydrogen) atoms. The van der Waals surface area contributed by atoms with Crippen molar-refractivity contribution in [2.24, 2.45) is 0 Å². The fourth-order valence-corrected chi connectivity index (χ4v) is 2.36.